The van der Waals surface area contributed by atoms with E-state index in [9.17, 15) is 0 Å². The average molecular weight is 179 g/mol. The molecular weight excluding hydrogens is 172 g/mol. The summed E-state index contributed by atoms with van der Waals surface area (Å²) < 4.78 is 0. The van der Waals surface area contributed by atoms with Crippen molar-refractivity contribution in [2.45, 2.75) is 18.3 Å². The third kappa shape index (κ3) is 1.07. The molecule has 0 aromatic carbocycles. The summed E-state index contributed by atoms with van der Waals surface area (Å²) in [6, 6.07) is 4.12. The van der Waals surface area contributed by atoms with Crippen LogP contribution in [0.2, 0.25) is 5.02 Å². The third-order valence-electron chi connectivity index (χ3n) is 2.22. The zero-order valence-corrected chi connectivity index (χ0v) is 7.17. The minimum absolute atomic E-state index is 0.266. The van der Waals surface area contributed by atoms with Crippen LogP contribution in [0.25, 0.3) is 0 Å². The Kier molecular flexibility index (Phi) is 1.55. The van der Waals surface area contributed by atoms with Gasteiger partial charge in [0.2, 0.25) is 0 Å². The molecule has 0 amide bonds. The smallest absolute Gasteiger partial charge is 0.0839 e. The summed E-state index contributed by atoms with van der Waals surface area (Å²) in [6.07, 6.45) is 5.18. The van der Waals surface area contributed by atoms with E-state index < -0.39 is 0 Å². The van der Waals surface area contributed by atoms with Crippen LogP contribution in [0.5, 0.6) is 0 Å². The molecule has 0 N–H and O–H groups in total. The predicted octanol–water partition coefficient (Wildman–Crippen LogP) is 2.29. The molecule has 2 rings (SSSR count). The maximum atomic E-state index is 8.88. The number of aromatic nitrogens is 1. The van der Waals surface area contributed by atoms with Crippen molar-refractivity contribution >= 4 is 11.6 Å². The van der Waals surface area contributed by atoms with Crippen LogP contribution in [0.1, 0.15) is 18.4 Å². The second-order valence-corrected chi connectivity index (χ2v) is 3.52. The topological polar surface area (TPSA) is 36.7 Å². The molecule has 3 heteroatoms. The number of nitriles is 1. The van der Waals surface area contributed by atoms with Gasteiger partial charge in [0.25, 0.3) is 0 Å². The highest BCUT2D eigenvalue weighted by atomic mass is 35.5. The maximum absolute atomic E-state index is 8.88. The number of rotatable bonds is 1. The normalized spacial score (nSPS) is 18.3. The fourth-order valence-corrected chi connectivity index (χ4v) is 1.44. The van der Waals surface area contributed by atoms with Crippen molar-refractivity contribution in [1.29, 1.82) is 5.26 Å². The van der Waals surface area contributed by atoms with Gasteiger partial charge in [-0.05, 0) is 24.5 Å². The Morgan fingerprint density at radius 1 is 1.50 bits per heavy atom. The monoisotopic (exact) mass is 178 g/mol. The highest BCUT2D eigenvalue weighted by Crippen LogP contribution is 2.47. The minimum atomic E-state index is -0.266. The van der Waals surface area contributed by atoms with Gasteiger partial charge in [-0.2, -0.15) is 5.26 Å². The van der Waals surface area contributed by atoms with E-state index in [1.807, 2.05) is 6.07 Å². The lowest BCUT2D eigenvalue weighted by Crippen LogP contribution is -2.02. The second-order valence-electron chi connectivity index (χ2n) is 3.09. The van der Waals surface area contributed by atoms with E-state index in [2.05, 4.69) is 11.1 Å². The lowest BCUT2D eigenvalue weighted by atomic mass is 10.0. The van der Waals surface area contributed by atoms with Gasteiger partial charge in [0, 0.05) is 12.4 Å². The summed E-state index contributed by atoms with van der Waals surface area (Å²) >= 11 is 5.76. The van der Waals surface area contributed by atoms with E-state index in [-0.39, 0.29) is 5.41 Å². The van der Waals surface area contributed by atoms with Gasteiger partial charge in [-0.25, -0.2) is 0 Å². The molecule has 0 radical (unpaired) electrons. The molecule has 1 aromatic rings. The molecular formula is C9H7ClN2. The zero-order chi connectivity index (χ0) is 8.60. The van der Waals surface area contributed by atoms with Gasteiger partial charge in [0.1, 0.15) is 0 Å². The Morgan fingerprint density at radius 3 is 2.75 bits per heavy atom. The maximum Gasteiger partial charge on any atom is 0.0839 e. The van der Waals surface area contributed by atoms with Gasteiger partial charge in [-0.1, -0.05) is 11.6 Å². The van der Waals surface area contributed by atoms with Crippen molar-refractivity contribution < 1.29 is 0 Å². The van der Waals surface area contributed by atoms with Crippen LogP contribution in [-0.2, 0) is 5.41 Å². The zero-order valence-electron chi connectivity index (χ0n) is 6.42. The van der Waals surface area contributed by atoms with Crippen molar-refractivity contribution in [3.8, 4) is 6.07 Å². The molecule has 60 valence electrons. The van der Waals surface area contributed by atoms with Crippen molar-refractivity contribution in [3.63, 3.8) is 0 Å². The van der Waals surface area contributed by atoms with Gasteiger partial charge < -0.3 is 0 Å². The lowest BCUT2D eigenvalue weighted by Gasteiger charge is -2.04. The third-order valence-corrected chi connectivity index (χ3v) is 2.43. The minimum Gasteiger partial charge on any atom is -0.263 e. The SMILES string of the molecule is N#CC1(c2cncc(Cl)c2)CC1. The molecule has 1 aliphatic rings. The number of hydrogen-bond acceptors (Lipinski definition) is 2. The first-order valence-electron chi connectivity index (χ1n) is 3.79. The van der Waals surface area contributed by atoms with Crippen molar-refractivity contribution in [2.75, 3.05) is 0 Å². The first-order valence-corrected chi connectivity index (χ1v) is 4.17. The van der Waals surface area contributed by atoms with Gasteiger partial charge >= 0.3 is 0 Å². The van der Waals surface area contributed by atoms with Crippen LogP contribution in [0, 0.1) is 11.3 Å². The molecule has 0 spiro atoms. The number of nitrogens with zero attached hydrogens (tertiary/aromatic N) is 2. The Hall–Kier alpha value is -1.07. The van der Waals surface area contributed by atoms with Crippen LogP contribution < -0.4 is 0 Å². The van der Waals surface area contributed by atoms with Crippen LogP contribution in [0.15, 0.2) is 18.5 Å². The van der Waals surface area contributed by atoms with Crippen molar-refractivity contribution in [1.82, 2.24) is 4.98 Å². The van der Waals surface area contributed by atoms with Gasteiger partial charge in [-0.15, -0.1) is 0 Å². The van der Waals surface area contributed by atoms with Crippen molar-refractivity contribution in [2.24, 2.45) is 0 Å². The first kappa shape index (κ1) is 7.57. The largest absolute Gasteiger partial charge is 0.263 e. The highest BCUT2D eigenvalue weighted by Gasteiger charge is 2.45. The molecule has 0 aliphatic heterocycles. The molecule has 2 nitrogen and oxygen atoms in total. The summed E-state index contributed by atoms with van der Waals surface area (Å²) in [5.74, 6) is 0. The quantitative estimate of drug-likeness (QED) is 0.662. The van der Waals surface area contributed by atoms with Crippen molar-refractivity contribution in [3.05, 3.63) is 29.0 Å². The van der Waals surface area contributed by atoms with E-state index in [1.54, 1.807) is 12.4 Å². The molecule has 1 saturated carbocycles. The van der Waals surface area contributed by atoms with E-state index in [1.165, 1.54) is 0 Å². The molecule has 1 aliphatic carbocycles. The summed E-state index contributed by atoms with van der Waals surface area (Å²) in [6.45, 7) is 0. The lowest BCUT2D eigenvalue weighted by molar-refractivity contribution is 0.897. The summed E-state index contributed by atoms with van der Waals surface area (Å²) in [5.41, 5.74) is 0.690. The van der Waals surface area contributed by atoms with Gasteiger partial charge in [0.05, 0.1) is 16.5 Å². The van der Waals surface area contributed by atoms with Crippen LogP contribution in [0.3, 0.4) is 0 Å². The molecule has 1 heterocycles. The highest BCUT2D eigenvalue weighted by molar-refractivity contribution is 6.30. The number of hydrogen-bond donors (Lipinski definition) is 0. The predicted molar refractivity (Wildman–Crippen MR) is 45.8 cm³/mol. The molecule has 1 fully saturated rings. The Morgan fingerprint density at radius 2 is 2.25 bits per heavy atom. The number of pyridine rings is 1. The molecule has 0 saturated heterocycles. The summed E-state index contributed by atoms with van der Waals surface area (Å²) in [5, 5.41) is 9.49. The van der Waals surface area contributed by atoms with E-state index in [0.717, 1.165) is 18.4 Å². The molecule has 1 aromatic heterocycles. The van der Waals surface area contributed by atoms with E-state index in [0.29, 0.717) is 5.02 Å². The fraction of sp³-hybridized carbons (Fsp3) is 0.333. The Bertz CT molecular complexity index is 350. The molecule has 0 bridgehead atoms. The molecule has 12 heavy (non-hydrogen) atoms. The van der Waals surface area contributed by atoms with E-state index >= 15 is 0 Å². The first-order chi connectivity index (χ1) is 5.77. The van der Waals surface area contributed by atoms with Crippen LogP contribution in [-0.4, -0.2) is 4.98 Å². The van der Waals surface area contributed by atoms with Crippen LogP contribution >= 0.6 is 11.6 Å². The Balaban J connectivity index is 2.42. The summed E-state index contributed by atoms with van der Waals surface area (Å²) in [7, 11) is 0. The van der Waals surface area contributed by atoms with Crippen LogP contribution in [0.4, 0.5) is 0 Å². The summed E-state index contributed by atoms with van der Waals surface area (Å²) in [4.78, 5) is 3.96. The fourth-order valence-electron chi connectivity index (χ4n) is 1.26. The average Bonchev–Trinajstić information content (AvgIpc) is 2.84. The second kappa shape index (κ2) is 2.46. The van der Waals surface area contributed by atoms with Gasteiger partial charge in [-0.3, -0.25) is 4.98 Å². The molecule has 0 atom stereocenters. The Labute approximate surface area is 75.8 Å². The standard InChI is InChI=1S/C9H7ClN2/c10-8-3-7(4-12-5-8)9(6-11)1-2-9/h3-5H,1-2H2. The van der Waals surface area contributed by atoms with E-state index in [4.69, 9.17) is 16.9 Å². The molecule has 0 unspecified atom stereocenters. The number of halogens is 1. The van der Waals surface area contributed by atoms with Gasteiger partial charge in [0.15, 0.2) is 0 Å².